The van der Waals surface area contributed by atoms with E-state index in [2.05, 4.69) is 21.4 Å². The van der Waals surface area contributed by atoms with Crippen LogP contribution >= 0.6 is 0 Å². The molecule has 0 saturated heterocycles. The molecule has 1 atom stereocenters. The summed E-state index contributed by atoms with van der Waals surface area (Å²) in [5.41, 5.74) is 3.22. The number of aryl methyl sites for hydroxylation is 1. The van der Waals surface area contributed by atoms with Gasteiger partial charge >= 0.3 is 0 Å². The summed E-state index contributed by atoms with van der Waals surface area (Å²) in [5, 5.41) is 14.4. The number of nitrogens with one attached hydrogen (secondary N) is 2. The Morgan fingerprint density at radius 1 is 1.29 bits per heavy atom. The smallest absolute Gasteiger partial charge is 0.129 e. The summed E-state index contributed by atoms with van der Waals surface area (Å²) in [6.45, 7) is 3.57. The standard InChI is InChI=1S/C19H23N3O2/c1-14-10-18-17(6-9-22-18)19(11-14)24-13-16(23)12-20-8-5-15-4-2-3-7-21-15/h2-4,6-7,9-11,16,20,22-23H,5,8,12-13H2,1H3. The number of rotatable bonds is 8. The molecule has 3 N–H and O–H groups in total. The lowest BCUT2D eigenvalue weighted by Gasteiger charge is -2.14. The lowest BCUT2D eigenvalue weighted by Crippen LogP contribution is -2.32. The number of aliphatic hydroxyl groups excluding tert-OH is 1. The molecule has 0 bridgehead atoms. The molecule has 0 aliphatic carbocycles. The highest BCUT2D eigenvalue weighted by Crippen LogP contribution is 2.26. The highest BCUT2D eigenvalue weighted by molar-refractivity contribution is 5.86. The van der Waals surface area contributed by atoms with E-state index in [-0.39, 0.29) is 6.61 Å². The van der Waals surface area contributed by atoms with Gasteiger partial charge in [0.25, 0.3) is 0 Å². The number of aliphatic hydroxyl groups is 1. The van der Waals surface area contributed by atoms with Gasteiger partial charge in [0.15, 0.2) is 0 Å². The Morgan fingerprint density at radius 2 is 2.21 bits per heavy atom. The summed E-state index contributed by atoms with van der Waals surface area (Å²) >= 11 is 0. The van der Waals surface area contributed by atoms with Crippen LogP contribution in [0.4, 0.5) is 0 Å². The molecule has 126 valence electrons. The first-order valence-corrected chi connectivity index (χ1v) is 8.21. The number of ether oxygens (including phenoxy) is 1. The van der Waals surface area contributed by atoms with Crippen molar-refractivity contribution in [3.63, 3.8) is 0 Å². The summed E-state index contributed by atoms with van der Waals surface area (Å²) < 4.78 is 5.81. The average Bonchev–Trinajstić information content (AvgIpc) is 3.06. The van der Waals surface area contributed by atoms with Crippen molar-refractivity contribution in [2.75, 3.05) is 19.7 Å². The third-order valence-electron chi connectivity index (χ3n) is 3.87. The maximum Gasteiger partial charge on any atom is 0.129 e. The molecule has 5 nitrogen and oxygen atoms in total. The second kappa shape index (κ2) is 7.95. The van der Waals surface area contributed by atoms with Crippen molar-refractivity contribution >= 4 is 10.9 Å². The second-order valence-electron chi connectivity index (χ2n) is 5.94. The normalized spacial score (nSPS) is 12.4. The molecular formula is C19H23N3O2. The van der Waals surface area contributed by atoms with Gasteiger partial charge in [-0.05, 0) is 42.8 Å². The summed E-state index contributed by atoms with van der Waals surface area (Å²) in [5.74, 6) is 0.804. The third kappa shape index (κ3) is 4.34. The van der Waals surface area contributed by atoms with Crippen LogP contribution in [0.5, 0.6) is 5.75 Å². The Bertz CT molecular complexity index is 771. The zero-order valence-corrected chi connectivity index (χ0v) is 13.8. The maximum absolute atomic E-state index is 10.1. The Morgan fingerprint density at radius 3 is 3.04 bits per heavy atom. The number of hydrogen-bond donors (Lipinski definition) is 3. The first-order chi connectivity index (χ1) is 11.7. The van der Waals surface area contributed by atoms with Gasteiger partial charge in [0.05, 0.1) is 0 Å². The molecule has 0 saturated carbocycles. The number of aromatic nitrogens is 2. The highest BCUT2D eigenvalue weighted by Gasteiger charge is 2.08. The van der Waals surface area contributed by atoms with E-state index in [1.807, 2.05) is 43.5 Å². The molecule has 2 heterocycles. The summed E-state index contributed by atoms with van der Waals surface area (Å²) in [7, 11) is 0. The number of benzene rings is 1. The van der Waals surface area contributed by atoms with E-state index in [0.29, 0.717) is 6.54 Å². The fraction of sp³-hybridized carbons (Fsp3) is 0.316. The fourth-order valence-electron chi connectivity index (χ4n) is 2.67. The Balaban J connectivity index is 1.43. The van der Waals surface area contributed by atoms with Crippen LogP contribution in [-0.4, -0.2) is 40.9 Å². The van der Waals surface area contributed by atoms with E-state index in [1.165, 1.54) is 0 Å². The molecular weight excluding hydrogens is 302 g/mol. The molecule has 0 amide bonds. The van der Waals surface area contributed by atoms with Crippen LogP contribution in [0.25, 0.3) is 10.9 Å². The maximum atomic E-state index is 10.1. The van der Waals surface area contributed by atoms with Gasteiger partial charge in [-0.1, -0.05) is 6.07 Å². The monoisotopic (exact) mass is 325 g/mol. The SMILES string of the molecule is Cc1cc(OCC(O)CNCCc2ccccn2)c2cc[nH]c2c1. The van der Waals surface area contributed by atoms with Gasteiger partial charge in [0, 0.05) is 48.5 Å². The van der Waals surface area contributed by atoms with Crippen LogP contribution in [0, 0.1) is 6.92 Å². The van der Waals surface area contributed by atoms with Gasteiger partial charge in [-0.2, -0.15) is 0 Å². The Labute approximate surface area is 141 Å². The molecule has 2 aromatic heterocycles. The molecule has 3 rings (SSSR count). The van der Waals surface area contributed by atoms with E-state index in [1.54, 1.807) is 6.20 Å². The van der Waals surface area contributed by atoms with Gasteiger partial charge in [0.2, 0.25) is 0 Å². The van der Waals surface area contributed by atoms with E-state index in [0.717, 1.165) is 40.9 Å². The van der Waals surface area contributed by atoms with Crippen molar-refractivity contribution < 1.29 is 9.84 Å². The van der Waals surface area contributed by atoms with Crippen molar-refractivity contribution in [2.45, 2.75) is 19.4 Å². The topological polar surface area (TPSA) is 70.2 Å². The largest absolute Gasteiger partial charge is 0.490 e. The Kier molecular flexibility index (Phi) is 5.46. The number of nitrogens with zero attached hydrogens (tertiary/aromatic N) is 1. The van der Waals surface area contributed by atoms with Gasteiger partial charge in [-0.3, -0.25) is 4.98 Å². The van der Waals surface area contributed by atoms with Crippen molar-refractivity contribution in [3.05, 3.63) is 60.0 Å². The number of hydrogen-bond acceptors (Lipinski definition) is 4. The number of pyridine rings is 1. The van der Waals surface area contributed by atoms with Crippen LogP contribution in [0.1, 0.15) is 11.3 Å². The summed E-state index contributed by atoms with van der Waals surface area (Å²) in [4.78, 5) is 7.46. The van der Waals surface area contributed by atoms with Gasteiger partial charge in [-0.25, -0.2) is 0 Å². The second-order valence-corrected chi connectivity index (χ2v) is 5.94. The van der Waals surface area contributed by atoms with Crippen LogP contribution in [0.3, 0.4) is 0 Å². The zero-order chi connectivity index (χ0) is 16.8. The molecule has 3 aromatic rings. The predicted molar refractivity (Wildman–Crippen MR) is 95.3 cm³/mol. The minimum atomic E-state index is -0.553. The lowest BCUT2D eigenvalue weighted by molar-refractivity contribution is 0.107. The van der Waals surface area contributed by atoms with Crippen LogP contribution in [0.15, 0.2) is 48.8 Å². The van der Waals surface area contributed by atoms with Gasteiger partial charge < -0.3 is 20.1 Å². The molecule has 0 aliphatic rings. The van der Waals surface area contributed by atoms with Crippen molar-refractivity contribution in [1.29, 1.82) is 0 Å². The van der Waals surface area contributed by atoms with E-state index in [4.69, 9.17) is 4.74 Å². The molecule has 0 fully saturated rings. The third-order valence-corrected chi connectivity index (χ3v) is 3.87. The number of aromatic amines is 1. The van der Waals surface area contributed by atoms with E-state index >= 15 is 0 Å². The minimum Gasteiger partial charge on any atom is -0.490 e. The first-order valence-electron chi connectivity index (χ1n) is 8.21. The van der Waals surface area contributed by atoms with E-state index in [9.17, 15) is 5.11 Å². The van der Waals surface area contributed by atoms with Crippen LogP contribution in [0.2, 0.25) is 0 Å². The zero-order valence-electron chi connectivity index (χ0n) is 13.8. The number of fused-ring (bicyclic) bond motifs is 1. The number of H-pyrrole nitrogens is 1. The van der Waals surface area contributed by atoms with Gasteiger partial charge in [0.1, 0.15) is 18.5 Å². The summed E-state index contributed by atoms with van der Waals surface area (Å²) in [6.07, 6.45) is 3.98. The van der Waals surface area contributed by atoms with Crippen molar-refractivity contribution in [1.82, 2.24) is 15.3 Å². The quantitative estimate of drug-likeness (QED) is 0.556. The predicted octanol–water partition coefficient (Wildman–Crippen LogP) is 2.44. The van der Waals surface area contributed by atoms with E-state index < -0.39 is 6.10 Å². The van der Waals surface area contributed by atoms with Crippen LogP contribution in [-0.2, 0) is 6.42 Å². The molecule has 0 radical (unpaired) electrons. The molecule has 0 spiro atoms. The first kappa shape index (κ1) is 16.5. The summed E-state index contributed by atoms with van der Waals surface area (Å²) in [6, 6.07) is 12.0. The lowest BCUT2D eigenvalue weighted by atomic mass is 10.1. The molecule has 24 heavy (non-hydrogen) atoms. The van der Waals surface area contributed by atoms with Crippen LogP contribution < -0.4 is 10.1 Å². The molecule has 1 aromatic carbocycles. The molecule has 0 aliphatic heterocycles. The van der Waals surface area contributed by atoms with Gasteiger partial charge in [-0.15, -0.1) is 0 Å². The average molecular weight is 325 g/mol. The highest BCUT2D eigenvalue weighted by atomic mass is 16.5. The fourth-order valence-corrected chi connectivity index (χ4v) is 2.67. The molecule has 5 heteroatoms. The minimum absolute atomic E-state index is 0.264. The van der Waals surface area contributed by atoms with Crippen molar-refractivity contribution in [2.24, 2.45) is 0 Å². The van der Waals surface area contributed by atoms with Crippen molar-refractivity contribution in [3.8, 4) is 5.75 Å². The Hall–Kier alpha value is -2.37. The molecule has 1 unspecified atom stereocenters.